The second kappa shape index (κ2) is 5.77. The average Bonchev–Trinajstić information content (AvgIpc) is 3.04. The molecule has 4 nitrogen and oxygen atoms in total. The number of benzene rings is 1. The molecule has 114 valence electrons. The number of methoxy groups -OCH3 is 1. The van der Waals surface area contributed by atoms with Crippen LogP contribution in [-0.2, 0) is 0 Å². The number of likely N-dealkylation sites (tertiary alicyclic amines) is 1. The van der Waals surface area contributed by atoms with Crippen molar-refractivity contribution >= 4 is 23.3 Å². The average molecular weight is 309 g/mol. The Kier molecular flexibility index (Phi) is 3.99. The van der Waals surface area contributed by atoms with Crippen molar-refractivity contribution in [3.05, 3.63) is 22.7 Å². The van der Waals surface area contributed by atoms with Gasteiger partial charge in [-0.25, -0.2) is 4.39 Å². The molecule has 21 heavy (non-hydrogen) atoms. The molecule has 1 aromatic carbocycles. The fraction of sp³-hybridized carbons (Fsp3) is 0.533. The van der Waals surface area contributed by atoms with Gasteiger partial charge < -0.3 is 19.2 Å². The summed E-state index contributed by atoms with van der Waals surface area (Å²) in [6, 6.07) is 3.40. The Morgan fingerprint density at radius 3 is 2.76 bits per heavy atom. The molecule has 3 rings (SSSR count). The maximum Gasteiger partial charge on any atom is 0.178 e. The number of fused-ring (bicyclic) bond motifs is 1. The fourth-order valence-electron chi connectivity index (χ4n) is 3.14. The molecule has 1 N–H and O–H groups in total. The molecular formula is C15H20FN3OS. The second-order valence-corrected chi connectivity index (χ2v) is 6.05. The first-order chi connectivity index (χ1) is 10.1. The van der Waals surface area contributed by atoms with E-state index >= 15 is 0 Å². The van der Waals surface area contributed by atoms with Crippen LogP contribution >= 0.6 is 12.2 Å². The smallest absolute Gasteiger partial charge is 0.178 e. The number of aromatic amines is 1. The molecule has 1 saturated heterocycles. The zero-order valence-electron chi connectivity index (χ0n) is 12.4. The first-order valence-corrected chi connectivity index (χ1v) is 7.71. The van der Waals surface area contributed by atoms with Gasteiger partial charge in [0.15, 0.2) is 16.3 Å². The summed E-state index contributed by atoms with van der Waals surface area (Å²) < 4.78 is 21.6. The third-order valence-electron chi connectivity index (χ3n) is 4.15. The van der Waals surface area contributed by atoms with E-state index in [1.807, 2.05) is 0 Å². The van der Waals surface area contributed by atoms with Gasteiger partial charge in [-0.3, -0.25) is 0 Å². The van der Waals surface area contributed by atoms with Gasteiger partial charge in [0.1, 0.15) is 0 Å². The van der Waals surface area contributed by atoms with Crippen LogP contribution in [0.15, 0.2) is 12.1 Å². The lowest BCUT2D eigenvalue weighted by molar-refractivity contribution is 0.289. The SMILES string of the molecule is COc1cc2c(cc1F)[nH]c(=S)n2C(C)CN1CCCC1. The Bertz CT molecular complexity index is 703. The van der Waals surface area contributed by atoms with Crippen molar-refractivity contribution in [2.45, 2.75) is 25.8 Å². The van der Waals surface area contributed by atoms with E-state index in [4.69, 9.17) is 17.0 Å². The fourth-order valence-corrected chi connectivity index (χ4v) is 3.53. The van der Waals surface area contributed by atoms with Crippen molar-refractivity contribution in [2.75, 3.05) is 26.7 Å². The minimum absolute atomic E-state index is 0.236. The van der Waals surface area contributed by atoms with Gasteiger partial charge >= 0.3 is 0 Å². The molecule has 1 fully saturated rings. The van der Waals surface area contributed by atoms with Crippen molar-refractivity contribution in [1.29, 1.82) is 0 Å². The second-order valence-electron chi connectivity index (χ2n) is 5.66. The maximum absolute atomic E-state index is 13.8. The van der Waals surface area contributed by atoms with Gasteiger partial charge in [0.25, 0.3) is 0 Å². The monoisotopic (exact) mass is 309 g/mol. The van der Waals surface area contributed by atoms with Crippen LogP contribution in [0.4, 0.5) is 4.39 Å². The summed E-state index contributed by atoms with van der Waals surface area (Å²) in [5.41, 5.74) is 1.61. The highest BCUT2D eigenvalue weighted by Crippen LogP contribution is 2.27. The third-order valence-corrected chi connectivity index (χ3v) is 4.45. The van der Waals surface area contributed by atoms with Gasteiger partial charge in [-0.1, -0.05) is 0 Å². The summed E-state index contributed by atoms with van der Waals surface area (Å²) in [5, 5.41) is 0. The molecule has 0 radical (unpaired) electrons. The molecule has 0 bridgehead atoms. The number of nitrogens with one attached hydrogen (secondary N) is 1. The molecule has 6 heteroatoms. The van der Waals surface area contributed by atoms with Crippen molar-refractivity contribution in [3.8, 4) is 5.75 Å². The van der Waals surface area contributed by atoms with E-state index in [-0.39, 0.29) is 17.6 Å². The number of aromatic nitrogens is 2. The van der Waals surface area contributed by atoms with Crippen molar-refractivity contribution in [2.24, 2.45) is 0 Å². The van der Waals surface area contributed by atoms with Gasteiger partial charge in [0, 0.05) is 24.7 Å². The number of halogens is 1. The van der Waals surface area contributed by atoms with E-state index in [1.165, 1.54) is 26.0 Å². The van der Waals surface area contributed by atoms with Crippen molar-refractivity contribution in [1.82, 2.24) is 14.5 Å². The number of hydrogen-bond acceptors (Lipinski definition) is 3. The normalized spacial score (nSPS) is 17.5. The quantitative estimate of drug-likeness (QED) is 0.878. The highest BCUT2D eigenvalue weighted by molar-refractivity contribution is 7.71. The summed E-state index contributed by atoms with van der Waals surface area (Å²) in [6.45, 7) is 5.41. The molecule has 2 aromatic rings. The van der Waals surface area contributed by atoms with E-state index in [0.717, 1.165) is 25.2 Å². The molecule has 1 aromatic heterocycles. The van der Waals surface area contributed by atoms with Gasteiger partial charge in [-0.05, 0) is 45.1 Å². The molecule has 0 saturated carbocycles. The Morgan fingerprint density at radius 2 is 2.10 bits per heavy atom. The Hall–Kier alpha value is -1.40. The molecule has 1 atom stereocenters. The van der Waals surface area contributed by atoms with E-state index in [1.54, 1.807) is 6.07 Å². The van der Waals surface area contributed by atoms with Crippen LogP contribution in [0.5, 0.6) is 5.75 Å². The van der Waals surface area contributed by atoms with Gasteiger partial charge in [-0.15, -0.1) is 0 Å². The lowest BCUT2D eigenvalue weighted by atomic mass is 10.2. The topological polar surface area (TPSA) is 33.2 Å². The van der Waals surface area contributed by atoms with Crippen molar-refractivity contribution < 1.29 is 9.13 Å². The van der Waals surface area contributed by atoms with Gasteiger partial charge in [0.05, 0.1) is 18.1 Å². The minimum Gasteiger partial charge on any atom is -0.494 e. The van der Waals surface area contributed by atoms with E-state index in [9.17, 15) is 4.39 Å². The predicted molar refractivity (Wildman–Crippen MR) is 84.0 cm³/mol. The van der Waals surface area contributed by atoms with Crippen LogP contribution in [0.1, 0.15) is 25.8 Å². The van der Waals surface area contributed by atoms with Crippen LogP contribution in [0, 0.1) is 10.6 Å². The molecule has 0 spiro atoms. The molecule has 2 heterocycles. The summed E-state index contributed by atoms with van der Waals surface area (Å²) in [4.78, 5) is 5.54. The number of rotatable bonds is 4. The number of hydrogen-bond donors (Lipinski definition) is 1. The van der Waals surface area contributed by atoms with Crippen LogP contribution in [-0.4, -0.2) is 41.2 Å². The summed E-state index contributed by atoms with van der Waals surface area (Å²) in [5.74, 6) is -0.126. The predicted octanol–water partition coefficient (Wildman–Crippen LogP) is 3.50. The number of H-pyrrole nitrogens is 1. The van der Waals surface area contributed by atoms with Crippen LogP contribution in [0.25, 0.3) is 11.0 Å². The minimum atomic E-state index is -0.374. The Labute approximate surface area is 128 Å². The summed E-state index contributed by atoms with van der Waals surface area (Å²) in [7, 11) is 1.48. The summed E-state index contributed by atoms with van der Waals surface area (Å²) in [6.07, 6.45) is 2.54. The zero-order valence-corrected chi connectivity index (χ0v) is 13.2. The van der Waals surface area contributed by atoms with E-state index in [2.05, 4.69) is 21.4 Å². The molecule has 1 aliphatic heterocycles. The first kappa shape index (κ1) is 14.5. The van der Waals surface area contributed by atoms with Gasteiger partial charge in [0.2, 0.25) is 0 Å². The van der Waals surface area contributed by atoms with Crippen molar-refractivity contribution in [3.63, 3.8) is 0 Å². The number of nitrogens with zero attached hydrogens (tertiary/aromatic N) is 2. The highest BCUT2D eigenvalue weighted by Gasteiger charge is 2.19. The lowest BCUT2D eigenvalue weighted by Crippen LogP contribution is -2.27. The Morgan fingerprint density at radius 1 is 1.38 bits per heavy atom. The molecule has 0 amide bonds. The summed E-state index contributed by atoms with van der Waals surface area (Å²) >= 11 is 5.42. The largest absolute Gasteiger partial charge is 0.494 e. The molecular weight excluding hydrogens is 289 g/mol. The zero-order chi connectivity index (χ0) is 15.0. The molecule has 0 aliphatic carbocycles. The third kappa shape index (κ3) is 2.70. The molecule has 1 unspecified atom stereocenters. The first-order valence-electron chi connectivity index (χ1n) is 7.30. The van der Waals surface area contributed by atoms with Crippen LogP contribution in [0.3, 0.4) is 0 Å². The van der Waals surface area contributed by atoms with Crippen LogP contribution < -0.4 is 4.74 Å². The molecule has 1 aliphatic rings. The number of ether oxygens (including phenoxy) is 1. The van der Waals surface area contributed by atoms with Crippen LogP contribution in [0.2, 0.25) is 0 Å². The Balaban J connectivity index is 2.00. The van der Waals surface area contributed by atoms with E-state index in [0.29, 0.717) is 10.3 Å². The lowest BCUT2D eigenvalue weighted by Gasteiger charge is -2.22. The number of imidazole rings is 1. The highest BCUT2D eigenvalue weighted by atomic mass is 32.1. The standard InChI is InChI=1S/C15H20FN3OS/c1-10(9-18-5-3-4-6-18)19-13-8-14(20-2)11(16)7-12(13)17-15(19)21/h7-8,10H,3-6,9H2,1-2H3,(H,17,21). The van der Waals surface area contributed by atoms with Gasteiger partial charge in [-0.2, -0.15) is 0 Å². The van der Waals surface area contributed by atoms with E-state index < -0.39 is 0 Å². The maximum atomic E-state index is 13.8.